The van der Waals surface area contributed by atoms with Crippen molar-refractivity contribution in [1.82, 2.24) is 20.1 Å². The van der Waals surface area contributed by atoms with Crippen molar-refractivity contribution in [2.75, 3.05) is 12.3 Å². The third-order valence-corrected chi connectivity index (χ3v) is 6.65. The number of benzene rings is 2. The molecule has 1 aromatic heterocycles. The molecule has 0 fully saturated rings. The lowest BCUT2D eigenvalue weighted by molar-refractivity contribution is 0.0953. The number of rotatable bonds is 10. The third-order valence-electron chi connectivity index (χ3n) is 4.42. The highest BCUT2D eigenvalue weighted by atomic mass is 79.9. The first-order chi connectivity index (χ1) is 15.4. The van der Waals surface area contributed by atoms with Crippen LogP contribution in [-0.4, -0.2) is 38.8 Å². The number of ketones is 1. The number of hydrogen-bond donors (Lipinski definition) is 1. The minimum absolute atomic E-state index is 0.00564. The largest absolute Gasteiger partial charge is 0.352 e. The number of allylic oxidation sites excluding steroid dienone is 1. The second-order valence-electron chi connectivity index (χ2n) is 6.65. The molecule has 6 nitrogen and oxygen atoms in total. The fourth-order valence-corrected chi connectivity index (χ4v) is 4.22. The van der Waals surface area contributed by atoms with Crippen LogP contribution in [0.25, 0.3) is 0 Å². The number of aromatic nitrogens is 3. The molecular formula is C22H19BrCl2N4O2S. The lowest BCUT2D eigenvalue weighted by Gasteiger charge is -2.09. The fraction of sp³-hybridized carbons (Fsp3) is 0.182. The average molecular weight is 554 g/mol. The number of halogens is 3. The van der Waals surface area contributed by atoms with Gasteiger partial charge in [-0.3, -0.25) is 9.59 Å². The zero-order chi connectivity index (χ0) is 23.1. The summed E-state index contributed by atoms with van der Waals surface area (Å²) in [5.74, 6) is 0.683. The van der Waals surface area contributed by atoms with Gasteiger partial charge in [-0.2, -0.15) is 0 Å². The fourth-order valence-electron chi connectivity index (χ4n) is 2.80. The Hall–Kier alpha value is -2.13. The normalized spacial score (nSPS) is 10.7. The standard InChI is InChI=1S/C22H19BrCl2N4O2S/c1-2-11-29-20(9-10-26-21(31)15-5-8-17(24)18(25)12-15)27-28-22(29)32-13-19(30)14-3-6-16(23)7-4-14/h2-8,12H,1,9-11,13H2,(H,26,31). The van der Waals surface area contributed by atoms with E-state index < -0.39 is 0 Å². The molecule has 3 rings (SSSR count). The molecule has 0 saturated carbocycles. The van der Waals surface area contributed by atoms with Crippen LogP contribution < -0.4 is 5.32 Å². The number of nitrogens with zero attached hydrogens (tertiary/aromatic N) is 3. The van der Waals surface area contributed by atoms with Crippen LogP contribution in [0.15, 0.2) is 64.7 Å². The molecule has 10 heteroatoms. The van der Waals surface area contributed by atoms with Gasteiger partial charge in [-0.15, -0.1) is 16.8 Å². The summed E-state index contributed by atoms with van der Waals surface area (Å²) in [6.45, 7) is 4.64. The molecule has 0 aliphatic carbocycles. The Morgan fingerprint density at radius 3 is 2.50 bits per heavy atom. The molecule has 2 aromatic carbocycles. The van der Waals surface area contributed by atoms with E-state index in [1.54, 1.807) is 30.3 Å². The lowest BCUT2D eigenvalue weighted by Crippen LogP contribution is -2.26. The van der Waals surface area contributed by atoms with E-state index in [4.69, 9.17) is 23.2 Å². The van der Waals surface area contributed by atoms with Crippen molar-refractivity contribution in [1.29, 1.82) is 0 Å². The Kier molecular flexibility index (Phi) is 8.92. The SMILES string of the molecule is C=CCn1c(CCNC(=O)c2ccc(Cl)c(Cl)c2)nnc1SCC(=O)c1ccc(Br)cc1. The molecule has 0 spiro atoms. The molecule has 0 unspecified atom stereocenters. The number of thioether (sulfide) groups is 1. The van der Waals surface area contributed by atoms with E-state index in [2.05, 4.69) is 38.0 Å². The minimum Gasteiger partial charge on any atom is -0.352 e. The van der Waals surface area contributed by atoms with Crippen LogP contribution in [0.3, 0.4) is 0 Å². The molecule has 0 atom stereocenters. The van der Waals surface area contributed by atoms with Crippen LogP contribution in [0.2, 0.25) is 10.0 Å². The molecule has 0 aliphatic rings. The van der Waals surface area contributed by atoms with Gasteiger partial charge >= 0.3 is 0 Å². The van der Waals surface area contributed by atoms with E-state index in [1.807, 2.05) is 16.7 Å². The molecule has 0 aliphatic heterocycles. The molecule has 1 heterocycles. The zero-order valence-corrected chi connectivity index (χ0v) is 20.8. The van der Waals surface area contributed by atoms with Gasteiger partial charge in [0.05, 0.1) is 15.8 Å². The number of hydrogen-bond acceptors (Lipinski definition) is 5. The number of Topliss-reactive ketones (excluding diaryl/α,β-unsaturated/α-hetero) is 1. The smallest absolute Gasteiger partial charge is 0.251 e. The Bertz CT molecular complexity index is 1140. The minimum atomic E-state index is -0.256. The Morgan fingerprint density at radius 1 is 1.09 bits per heavy atom. The van der Waals surface area contributed by atoms with E-state index in [0.717, 1.165) is 4.47 Å². The molecular weight excluding hydrogens is 535 g/mol. The maximum atomic E-state index is 12.5. The van der Waals surface area contributed by atoms with Gasteiger partial charge in [0.2, 0.25) is 0 Å². The van der Waals surface area contributed by atoms with Crippen LogP contribution in [0.1, 0.15) is 26.5 Å². The monoisotopic (exact) mass is 552 g/mol. The van der Waals surface area contributed by atoms with Gasteiger partial charge in [-0.1, -0.05) is 69.1 Å². The van der Waals surface area contributed by atoms with Gasteiger partial charge in [-0.25, -0.2) is 0 Å². The van der Waals surface area contributed by atoms with Gasteiger partial charge in [-0.05, 0) is 30.3 Å². The summed E-state index contributed by atoms with van der Waals surface area (Å²) in [6.07, 6.45) is 2.21. The zero-order valence-electron chi connectivity index (χ0n) is 16.9. The van der Waals surface area contributed by atoms with Gasteiger partial charge in [0, 0.05) is 35.1 Å². The van der Waals surface area contributed by atoms with Gasteiger partial charge in [0.1, 0.15) is 5.82 Å². The summed E-state index contributed by atoms with van der Waals surface area (Å²) in [5.41, 5.74) is 1.07. The van der Waals surface area contributed by atoms with Crippen molar-refractivity contribution < 1.29 is 9.59 Å². The van der Waals surface area contributed by atoms with Gasteiger partial charge in [0.15, 0.2) is 10.9 Å². The van der Waals surface area contributed by atoms with Crippen LogP contribution >= 0.6 is 50.9 Å². The predicted molar refractivity (Wildman–Crippen MR) is 132 cm³/mol. The van der Waals surface area contributed by atoms with Crippen molar-refractivity contribution in [3.63, 3.8) is 0 Å². The average Bonchev–Trinajstić information content (AvgIpc) is 3.16. The highest BCUT2D eigenvalue weighted by Gasteiger charge is 2.15. The Labute approximate surface area is 208 Å². The van der Waals surface area contributed by atoms with Crippen molar-refractivity contribution >= 4 is 62.6 Å². The number of carbonyl (C=O) groups is 2. The van der Waals surface area contributed by atoms with Crippen LogP contribution in [0.5, 0.6) is 0 Å². The first-order valence-corrected chi connectivity index (χ1v) is 12.1. The third kappa shape index (κ3) is 6.45. The first kappa shape index (κ1) is 24.5. The molecule has 32 heavy (non-hydrogen) atoms. The van der Waals surface area contributed by atoms with Crippen LogP contribution in [-0.2, 0) is 13.0 Å². The predicted octanol–water partition coefficient (Wildman–Crippen LogP) is 5.48. The molecule has 3 aromatic rings. The lowest BCUT2D eigenvalue weighted by atomic mass is 10.2. The molecule has 0 bridgehead atoms. The quantitative estimate of drug-likeness (QED) is 0.204. The molecule has 0 saturated heterocycles. The second kappa shape index (κ2) is 11.7. The van der Waals surface area contributed by atoms with E-state index in [0.29, 0.717) is 51.7 Å². The van der Waals surface area contributed by atoms with Crippen molar-refractivity contribution in [2.45, 2.75) is 18.1 Å². The van der Waals surface area contributed by atoms with Crippen molar-refractivity contribution in [3.8, 4) is 0 Å². The van der Waals surface area contributed by atoms with E-state index in [1.165, 1.54) is 17.8 Å². The number of carbonyl (C=O) groups excluding carboxylic acids is 2. The maximum Gasteiger partial charge on any atom is 0.251 e. The first-order valence-electron chi connectivity index (χ1n) is 9.57. The summed E-state index contributed by atoms with van der Waals surface area (Å²) >= 11 is 16.5. The molecule has 1 amide bonds. The van der Waals surface area contributed by atoms with Crippen LogP contribution in [0.4, 0.5) is 0 Å². The summed E-state index contributed by atoms with van der Waals surface area (Å²) in [6, 6.07) is 12.0. The molecule has 1 N–H and O–H groups in total. The molecule has 0 radical (unpaired) electrons. The van der Waals surface area contributed by atoms with E-state index in [-0.39, 0.29) is 17.4 Å². The van der Waals surface area contributed by atoms with E-state index >= 15 is 0 Å². The van der Waals surface area contributed by atoms with Gasteiger partial charge < -0.3 is 9.88 Å². The van der Waals surface area contributed by atoms with Gasteiger partial charge in [0.25, 0.3) is 5.91 Å². The number of amides is 1. The molecule has 166 valence electrons. The second-order valence-corrected chi connectivity index (χ2v) is 9.32. The highest BCUT2D eigenvalue weighted by molar-refractivity contribution is 9.10. The van der Waals surface area contributed by atoms with Crippen molar-refractivity contribution in [3.05, 3.63) is 86.6 Å². The highest BCUT2D eigenvalue weighted by Crippen LogP contribution is 2.23. The van der Waals surface area contributed by atoms with E-state index in [9.17, 15) is 9.59 Å². The van der Waals surface area contributed by atoms with Crippen LogP contribution in [0, 0.1) is 0 Å². The van der Waals surface area contributed by atoms with Crippen molar-refractivity contribution in [2.24, 2.45) is 0 Å². The summed E-state index contributed by atoms with van der Waals surface area (Å²) in [5, 5.41) is 12.6. The summed E-state index contributed by atoms with van der Waals surface area (Å²) in [7, 11) is 0. The Balaban J connectivity index is 1.59. The maximum absolute atomic E-state index is 12.5. The summed E-state index contributed by atoms with van der Waals surface area (Å²) < 4.78 is 2.81. The summed E-state index contributed by atoms with van der Waals surface area (Å²) in [4.78, 5) is 24.8. The topological polar surface area (TPSA) is 76.9 Å². The number of nitrogens with one attached hydrogen (secondary N) is 1. The Morgan fingerprint density at radius 2 is 1.81 bits per heavy atom.